The average Bonchev–Trinajstić information content (AvgIpc) is 2.49. The number of anilines is 1. The molecule has 1 rings (SSSR count). The summed E-state index contributed by atoms with van der Waals surface area (Å²) in [6.07, 6.45) is 0.693. The highest BCUT2D eigenvalue weighted by molar-refractivity contribution is 5.96. The fourth-order valence-corrected chi connectivity index (χ4v) is 1.54. The first kappa shape index (κ1) is 16.8. The number of carbonyl (C=O) groups is 2. The van der Waals surface area contributed by atoms with Crippen molar-refractivity contribution in [2.45, 2.75) is 6.42 Å². The van der Waals surface area contributed by atoms with Crippen LogP contribution in [0.5, 0.6) is 5.75 Å². The molecule has 0 saturated heterocycles. The van der Waals surface area contributed by atoms with Gasteiger partial charge in [-0.2, -0.15) is 0 Å². The van der Waals surface area contributed by atoms with E-state index in [4.69, 9.17) is 19.9 Å². The van der Waals surface area contributed by atoms with Crippen LogP contribution in [0.2, 0.25) is 0 Å². The standard InChI is InChI=1S/C14H20N2O5/c1-19-7-3-6-16-13(17)9-21-14(18)11-8-10(20-2)4-5-12(11)15/h4-5,8H,3,6-7,9,15H2,1-2H3,(H,16,17). The Hall–Kier alpha value is -2.28. The monoisotopic (exact) mass is 296 g/mol. The molecule has 0 saturated carbocycles. The quantitative estimate of drug-likeness (QED) is 0.414. The van der Waals surface area contributed by atoms with E-state index < -0.39 is 5.97 Å². The Morgan fingerprint density at radius 3 is 2.71 bits per heavy atom. The van der Waals surface area contributed by atoms with Crippen molar-refractivity contribution in [3.63, 3.8) is 0 Å². The van der Waals surface area contributed by atoms with Crippen LogP contribution in [0.3, 0.4) is 0 Å². The van der Waals surface area contributed by atoms with Crippen LogP contribution in [0.1, 0.15) is 16.8 Å². The summed E-state index contributed by atoms with van der Waals surface area (Å²) >= 11 is 0. The maximum Gasteiger partial charge on any atom is 0.340 e. The highest BCUT2D eigenvalue weighted by Gasteiger charge is 2.14. The first-order valence-corrected chi connectivity index (χ1v) is 6.44. The first-order chi connectivity index (χ1) is 10.1. The van der Waals surface area contributed by atoms with Crippen LogP contribution in [-0.4, -0.2) is 45.9 Å². The SMILES string of the molecule is COCCCNC(=O)COC(=O)c1cc(OC)ccc1N. The summed E-state index contributed by atoms with van der Waals surface area (Å²) in [5.74, 6) is -0.556. The predicted octanol–water partition coefficient (Wildman–Crippen LogP) is 0.587. The molecule has 0 aromatic heterocycles. The molecule has 0 bridgehead atoms. The molecule has 21 heavy (non-hydrogen) atoms. The third kappa shape index (κ3) is 5.70. The van der Waals surface area contributed by atoms with Gasteiger partial charge in [-0.15, -0.1) is 0 Å². The number of carbonyl (C=O) groups excluding carboxylic acids is 2. The van der Waals surface area contributed by atoms with Gasteiger partial charge < -0.3 is 25.3 Å². The number of nitrogens with two attached hydrogens (primary N) is 1. The number of benzene rings is 1. The molecule has 116 valence electrons. The van der Waals surface area contributed by atoms with Gasteiger partial charge in [0.2, 0.25) is 0 Å². The second-order valence-electron chi connectivity index (χ2n) is 4.23. The van der Waals surface area contributed by atoms with Gasteiger partial charge >= 0.3 is 5.97 Å². The Morgan fingerprint density at radius 2 is 2.05 bits per heavy atom. The van der Waals surface area contributed by atoms with Crippen molar-refractivity contribution in [1.82, 2.24) is 5.32 Å². The zero-order chi connectivity index (χ0) is 15.7. The minimum atomic E-state index is -0.668. The molecular formula is C14H20N2O5. The topological polar surface area (TPSA) is 99.9 Å². The van der Waals surface area contributed by atoms with Gasteiger partial charge in [0.05, 0.1) is 12.7 Å². The molecule has 1 aromatic carbocycles. The van der Waals surface area contributed by atoms with Gasteiger partial charge in [0.15, 0.2) is 6.61 Å². The van der Waals surface area contributed by atoms with E-state index in [-0.39, 0.29) is 23.8 Å². The van der Waals surface area contributed by atoms with Gasteiger partial charge in [-0.3, -0.25) is 4.79 Å². The van der Waals surface area contributed by atoms with Gasteiger partial charge in [0.25, 0.3) is 5.91 Å². The zero-order valence-electron chi connectivity index (χ0n) is 12.2. The first-order valence-electron chi connectivity index (χ1n) is 6.44. The summed E-state index contributed by atoms with van der Waals surface area (Å²) in [6.45, 7) is 0.661. The van der Waals surface area contributed by atoms with Gasteiger partial charge in [0, 0.05) is 25.9 Å². The molecule has 3 N–H and O–H groups in total. The largest absolute Gasteiger partial charge is 0.497 e. The van der Waals surface area contributed by atoms with Crippen molar-refractivity contribution in [3.8, 4) is 5.75 Å². The Kier molecular flexibility index (Phi) is 7.03. The lowest BCUT2D eigenvalue weighted by molar-refractivity contribution is -0.124. The highest BCUT2D eigenvalue weighted by Crippen LogP contribution is 2.20. The molecule has 0 aliphatic heterocycles. The number of nitrogens with one attached hydrogen (secondary N) is 1. The third-order valence-corrected chi connectivity index (χ3v) is 2.66. The van der Waals surface area contributed by atoms with E-state index >= 15 is 0 Å². The predicted molar refractivity (Wildman–Crippen MR) is 77.2 cm³/mol. The lowest BCUT2D eigenvalue weighted by Crippen LogP contribution is -2.30. The lowest BCUT2D eigenvalue weighted by Gasteiger charge is -2.09. The molecular weight excluding hydrogens is 276 g/mol. The number of ether oxygens (including phenoxy) is 3. The number of hydrogen-bond donors (Lipinski definition) is 2. The molecule has 7 heteroatoms. The molecule has 7 nitrogen and oxygen atoms in total. The summed E-state index contributed by atoms with van der Waals surface area (Å²) in [5, 5.41) is 2.61. The van der Waals surface area contributed by atoms with Crippen LogP contribution in [0.15, 0.2) is 18.2 Å². The lowest BCUT2D eigenvalue weighted by atomic mass is 10.2. The molecule has 0 heterocycles. The van der Waals surface area contributed by atoms with Gasteiger partial charge in [0.1, 0.15) is 5.75 Å². The summed E-state index contributed by atoms with van der Waals surface area (Å²) < 4.78 is 14.8. The molecule has 0 unspecified atom stereocenters. The number of hydrogen-bond acceptors (Lipinski definition) is 6. The molecule has 0 atom stereocenters. The number of rotatable bonds is 8. The smallest absolute Gasteiger partial charge is 0.340 e. The third-order valence-electron chi connectivity index (χ3n) is 2.66. The molecule has 0 aliphatic carbocycles. The Morgan fingerprint density at radius 1 is 1.29 bits per heavy atom. The molecule has 1 aromatic rings. The van der Waals surface area contributed by atoms with Crippen LogP contribution in [0.4, 0.5) is 5.69 Å². The molecule has 1 amide bonds. The van der Waals surface area contributed by atoms with Crippen molar-refractivity contribution in [2.75, 3.05) is 39.7 Å². The number of nitrogen functional groups attached to an aromatic ring is 1. The van der Waals surface area contributed by atoms with E-state index in [1.807, 2.05) is 0 Å². The summed E-state index contributed by atoms with van der Waals surface area (Å²) in [6, 6.07) is 4.64. The Bertz CT molecular complexity index is 490. The number of methoxy groups -OCH3 is 2. The van der Waals surface area contributed by atoms with Gasteiger partial charge in [-0.1, -0.05) is 0 Å². The van der Waals surface area contributed by atoms with E-state index in [1.54, 1.807) is 19.2 Å². The number of esters is 1. The second-order valence-corrected chi connectivity index (χ2v) is 4.23. The van der Waals surface area contributed by atoms with Crippen LogP contribution < -0.4 is 15.8 Å². The van der Waals surface area contributed by atoms with E-state index in [0.717, 1.165) is 0 Å². The van der Waals surface area contributed by atoms with Crippen LogP contribution in [0, 0.1) is 0 Å². The fraction of sp³-hybridized carbons (Fsp3) is 0.429. The van der Waals surface area contributed by atoms with Crippen LogP contribution in [0.25, 0.3) is 0 Å². The van der Waals surface area contributed by atoms with Crippen molar-refractivity contribution in [2.24, 2.45) is 0 Å². The Balaban J connectivity index is 2.45. The second kappa shape index (κ2) is 8.80. The molecule has 0 radical (unpaired) electrons. The average molecular weight is 296 g/mol. The maximum absolute atomic E-state index is 11.9. The normalized spacial score (nSPS) is 10.0. The van der Waals surface area contributed by atoms with Gasteiger partial charge in [-0.25, -0.2) is 4.79 Å². The van der Waals surface area contributed by atoms with E-state index in [0.29, 0.717) is 25.3 Å². The van der Waals surface area contributed by atoms with E-state index in [9.17, 15) is 9.59 Å². The summed E-state index contributed by atoms with van der Waals surface area (Å²) in [5.41, 5.74) is 6.13. The fourth-order valence-electron chi connectivity index (χ4n) is 1.54. The van der Waals surface area contributed by atoms with E-state index in [2.05, 4.69) is 5.32 Å². The van der Waals surface area contributed by atoms with Crippen molar-refractivity contribution >= 4 is 17.6 Å². The van der Waals surface area contributed by atoms with Crippen molar-refractivity contribution < 1.29 is 23.8 Å². The minimum Gasteiger partial charge on any atom is -0.497 e. The van der Waals surface area contributed by atoms with Gasteiger partial charge in [-0.05, 0) is 24.6 Å². The van der Waals surface area contributed by atoms with Crippen LogP contribution >= 0.6 is 0 Å². The number of amides is 1. The minimum absolute atomic E-state index is 0.168. The Labute approximate surface area is 123 Å². The van der Waals surface area contributed by atoms with Crippen LogP contribution in [-0.2, 0) is 14.3 Å². The van der Waals surface area contributed by atoms with E-state index in [1.165, 1.54) is 13.2 Å². The maximum atomic E-state index is 11.9. The summed E-state index contributed by atoms with van der Waals surface area (Å²) in [7, 11) is 3.07. The highest BCUT2D eigenvalue weighted by atomic mass is 16.5. The van der Waals surface area contributed by atoms with Crippen molar-refractivity contribution in [3.05, 3.63) is 23.8 Å². The molecule has 0 fully saturated rings. The van der Waals surface area contributed by atoms with Crippen molar-refractivity contribution in [1.29, 1.82) is 0 Å². The molecule has 0 spiro atoms. The molecule has 0 aliphatic rings. The zero-order valence-corrected chi connectivity index (χ0v) is 12.2. The summed E-state index contributed by atoms with van der Waals surface area (Å²) in [4.78, 5) is 23.3.